The summed E-state index contributed by atoms with van der Waals surface area (Å²) in [6.07, 6.45) is 3.27. The lowest BCUT2D eigenvalue weighted by Crippen LogP contribution is -1.93. The molecule has 0 bridgehead atoms. The van der Waals surface area contributed by atoms with Crippen LogP contribution in [0.25, 0.3) is 22.4 Å². The molecule has 84 valence electrons. The molecule has 0 radical (unpaired) electrons. The quantitative estimate of drug-likeness (QED) is 0.728. The monoisotopic (exact) mass is 226 g/mol. The Bertz CT molecular complexity index is 661. The van der Waals surface area contributed by atoms with E-state index < -0.39 is 0 Å². The van der Waals surface area contributed by atoms with E-state index in [1.807, 2.05) is 24.3 Å². The summed E-state index contributed by atoms with van der Waals surface area (Å²) in [6.45, 7) is -0.0920. The van der Waals surface area contributed by atoms with Crippen LogP contribution in [0, 0.1) is 0 Å². The normalized spacial score (nSPS) is 10.9. The molecule has 17 heavy (non-hydrogen) atoms. The second kappa shape index (κ2) is 3.99. The number of hydrogen-bond donors (Lipinski definition) is 1. The van der Waals surface area contributed by atoms with Crippen LogP contribution in [0.2, 0.25) is 0 Å². The van der Waals surface area contributed by atoms with Gasteiger partial charge in [-0.3, -0.25) is 0 Å². The minimum absolute atomic E-state index is 0.0920. The third-order valence-corrected chi connectivity index (χ3v) is 2.60. The van der Waals surface area contributed by atoms with E-state index in [1.54, 1.807) is 18.5 Å². The number of aliphatic hydroxyl groups excluding tert-OH is 1. The molecule has 2 aromatic heterocycles. The van der Waals surface area contributed by atoms with Crippen LogP contribution < -0.4 is 0 Å². The average Bonchev–Trinajstić information content (AvgIpc) is 2.82. The lowest BCUT2D eigenvalue weighted by Gasteiger charge is -1.99. The van der Waals surface area contributed by atoms with Gasteiger partial charge in [0.15, 0.2) is 5.82 Å². The van der Waals surface area contributed by atoms with E-state index in [0.717, 1.165) is 16.5 Å². The van der Waals surface area contributed by atoms with Crippen LogP contribution in [0.15, 0.2) is 47.2 Å². The summed E-state index contributed by atoms with van der Waals surface area (Å²) in [5, 5.41) is 10.0. The highest BCUT2D eigenvalue weighted by atomic mass is 16.3. The molecular weight excluding hydrogens is 216 g/mol. The molecule has 0 aliphatic rings. The van der Waals surface area contributed by atoms with Crippen molar-refractivity contribution in [1.82, 2.24) is 9.97 Å². The van der Waals surface area contributed by atoms with E-state index in [4.69, 9.17) is 9.52 Å². The molecular formula is C13H10N2O2. The van der Waals surface area contributed by atoms with Crippen LogP contribution >= 0.6 is 0 Å². The largest absolute Gasteiger partial charge is 0.464 e. The molecule has 4 heteroatoms. The molecule has 0 unspecified atom stereocenters. The highest BCUT2D eigenvalue weighted by Crippen LogP contribution is 2.27. The zero-order valence-electron chi connectivity index (χ0n) is 9.00. The number of aromatic nitrogens is 2. The minimum atomic E-state index is -0.0920. The smallest absolute Gasteiger partial charge is 0.163 e. The second-order valence-electron chi connectivity index (χ2n) is 3.68. The molecule has 0 saturated heterocycles. The lowest BCUT2D eigenvalue weighted by atomic mass is 10.1. The summed E-state index contributed by atoms with van der Waals surface area (Å²) >= 11 is 0. The SMILES string of the molecule is OCc1ccnc(-c2coc3ccccc23)n1. The first-order valence-corrected chi connectivity index (χ1v) is 5.28. The summed E-state index contributed by atoms with van der Waals surface area (Å²) in [5.74, 6) is 0.571. The second-order valence-corrected chi connectivity index (χ2v) is 3.68. The Hall–Kier alpha value is -2.20. The molecule has 1 aromatic carbocycles. The summed E-state index contributed by atoms with van der Waals surface area (Å²) in [4.78, 5) is 8.46. The van der Waals surface area contributed by atoms with Crippen LogP contribution in [0.1, 0.15) is 5.69 Å². The molecule has 2 heterocycles. The van der Waals surface area contributed by atoms with Crippen molar-refractivity contribution in [2.24, 2.45) is 0 Å². The highest BCUT2D eigenvalue weighted by Gasteiger charge is 2.10. The molecule has 0 saturated carbocycles. The zero-order chi connectivity index (χ0) is 11.7. The molecule has 3 aromatic rings. The van der Waals surface area contributed by atoms with Crippen molar-refractivity contribution >= 4 is 11.0 Å². The van der Waals surface area contributed by atoms with Crippen molar-refractivity contribution in [1.29, 1.82) is 0 Å². The van der Waals surface area contributed by atoms with E-state index in [2.05, 4.69) is 9.97 Å². The van der Waals surface area contributed by atoms with Crippen LogP contribution in [-0.2, 0) is 6.61 Å². The molecule has 1 N–H and O–H groups in total. The standard InChI is InChI=1S/C13H10N2O2/c16-7-9-5-6-14-13(15-9)11-8-17-12-4-2-1-3-10(11)12/h1-6,8,16H,7H2. The zero-order valence-corrected chi connectivity index (χ0v) is 9.00. The Kier molecular flexibility index (Phi) is 2.34. The molecule has 0 spiro atoms. The van der Waals surface area contributed by atoms with E-state index in [0.29, 0.717) is 11.5 Å². The van der Waals surface area contributed by atoms with Crippen molar-refractivity contribution in [3.63, 3.8) is 0 Å². The molecule has 0 aliphatic carbocycles. The third-order valence-electron chi connectivity index (χ3n) is 2.60. The Balaban J connectivity index is 2.20. The van der Waals surface area contributed by atoms with Crippen LogP contribution in [0.5, 0.6) is 0 Å². The van der Waals surface area contributed by atoms with Gasteiger partial charge in [-0.15, -0.1) is 0 Å². The fourth-order valence-corrected chi connectivity index (χ4v) is 1.76. The number of hydrogen-bond acceptors (Lipinski definition) is 4. The highest BCUT2D eigenvalue weighted by molar-refractivity contribution is 5.91. The molecule has 0 amide bonds. The number of furan rings is 1. The number of nitrogens with zero attached hydrogens (tertiary/aromatic N) is 2. The molecule has 0 atom stereocenters. The minimum Gasteiger partial charge on any atom is -0.464 e. The maximum Gasteiger partial charge on any atom is 0.163 e. The van der Waals surface area contributed by atoms with E-state index >= 15 is 0 Å². The van der Waals surface area contributed by atoms with Crippen molar-refractivity contribution in [3.8, 4) is 11.4 Å². The van der Waals surface area contributed by atoms with Gasteiger partial charge < -0.3 is 9.52 Å². The van der Waals surface area contributed by atoms with Gasteiger partial charge in [-0.1, -0.05) is 18.2 Å². The first kappa shape index (κ1) is 9.99. The predicted molar refractivity (Wildman–Crippen MR) is 63.2 cm³/mol. The summed E-state index contributed by atoms with van der Waals surface area (Å²) in [5.41, 5.74) is 2.25. The van der Waals surface area contributed by atoms with Gasteiger partial charge in [0.1, 0.15) is 11.8 Å². The van der Waals surface area contributed by atoms with Gasteiger partial charge in [0.2, 0.25) is 0 Å². The first-order chi connectivity index (χ1) is 8.38. The maximum atomic E-state index is 9.06. The number of aliphatic hydroxyl groups is 1. The fourth-order valence-electron chi connectivity index (χ4n) is 1.76. The van der Waals surface area contributed by atoms with E-state index in [9.17, 15) is 0 Å². The summed E-state index contributed by atoms with van der Waals surface area (Å²) in [6, 6.07) is 9.40. The van der Waals surface area contributed by atoms with Crippen molar-refractivity contribution in [2.75, 3.05) is 0 Å². The third kappa shape index (κ3) is 1.68. The summed E-state index contributed by atoms with van der Waals surface area (Å²) < 4.78 is 5.43. The van der Waals surface area contributed by atoms with Gasteiger partial charge in [-0.2, -0.15) is 0 Å². The molecule has 0 aliphatic heterocycles. The van der Waals surface area contributed by atoms with Crippen molar-refractivity contribution < 1.29 is 9.52 Å². The maximum absolute atomic E-state index is 9.06. The van der Waals surface area contributed by atoms with Crippen molar-refractivity contribution in [3.05, 3.63) is 48.5 Å². The van der Waals surface area contributed by atoms with Gasteiger partial charge >= 0.3 is 0 Å². The van der Waals surface area contributed by atoms with Crippen LogP contribution in [0.3, 0.4) is 0 Å². The van der Waals surface area contributed by atoms with Crippen molar-refractivity contribution in [2.45, 2.75) is 6.61 Å². The Labute approximate surface area is 97.6 Å². The average molecular weight is 226 g/mol. The topological polar surface area (TPSA) is 59.2 Å². The molecule has 0 fully saturated rings. The van der Waals surface area contributed by atoms with Crippen LogP contribution in [-0.4, -0.2) is 15.1 Å². The fraction of sp³-hybridized carbons (Fsp3) is 0.0769. The van der Waals surface area contributed by atoms with Gasteiger partial charge in [-0.25, -0.2) is 9.97 Å². The van der Waals surface area contributed by atoms with Gasteiger partial charge in [0, 0.05) is 11.6 Å². The molecule has 3 rings (SSSR count). The Morgan fingerprint density at radius 1 is 1.18 bits per heavy atom. The number of benzene rings is 1. The van der Waals surface area contributed by atoms with Crippen LogP contribution in [0.4, 0.5) is 0 Å². The Morgan fingerprint density at radius 2 is 2.06 bits per heavy atom. The van der Waals surface area contributed by atoms with Gasteiger partial charge in [0.25, 0.3) is 0 Å². The number of para-hydroxylation sites is 1. The summed E-state index contributed by atoms with van der Waals surface area (Å²) in [7, 11) is 0. The van der Waals surface area contributed by atoms with E-state index in [-0.39, 0.29) is 6.61 Å². The predicted octanol–water partition coefficient (Wildman–Crippen LogP) is 2.38. The number of fused-ring (bicyclic) bond motifs is 1. The Morgan fingerprint density at radius 3 is 2.94 bits per heavy atom. The number of rotatable bonds is 2. The molecule has 4 nitrogen and oxygen atoms in total. The first-order valence-electron chi connectivity index (χ1n) is 5.28. The van der Waals surface area contributed by atoms with Gasteiger partial charge in [-0.05, 0) is 12.1 Å². The van der Waals surface area contributed by atoms with E-state index in [1.165, 1.54) is 0 Å². The van der Waals surface area contributed by atoms with Gasteiger partial charge in [0.05, 0.1) is 17.9 Å². The lowest BCUT2D eigenvalue weighted by molar-refractivity contribution is 0.277.